The minimum Gasteiger partial charge on any atom is -0.448 e. The van der Waals surface area contributed by atoms with Gasteiger partial charge in [0.1, 0.15) is 6.61 Å². The van der Waals surface area contributed by atoms with Crippen LogP contribution in [0.25, 0.3) is 0 Å². The van der Waals surface area contributed by atoms with E-state index in [2.05, 4.69) is 11.8 Å². The molecular weight excluding hydrogens is 196 g/mol. The summed E-state index contributed by atoms with van der Waals surface area (Å²) in [5, 5.41) is 0. The Hall–Kier alpha value is -0.810. The highest BCUT2D eigenvalue weighted by atomic mass is 16.6. The predicted molar refractivity (Wildman–Crippen MR) is 54.8 cm³/mol. The van der Waals surface area contributed by atoms with Gasteiger partial charge in [-0.2, -0.15) is 0 Å². The van der Waals surface area contributed by atoms with Crippen LogP contribution in [0.5, 0.6) is 0 Å². The summed E-state index contributed by atoms with van der Waals surface area (Å²) < 4.78 is 10.3. The van der Waals surface area contributed by atoms with Crippen LogP contribution in [0.3, 0.4) is 0 Å². The summed E-state index contributed by atoms with van der Waals surface area (Å²) >= 11 is 0. The third-order valence-corrected chi connectivity index (χ3v) is 2.86. The lowest BCUT2D eigenvalue weighted by atomic mass is 10.3. The Bertz CT molecular complexity index is 235. The van der Waals surface area contributed by atoms with Crippen LogP contribution in [0.1, 0.15) is 6.92 Å². The molecule has 0 aromatic heterocycles. The van der Waals surface area contributed by atoms with Gasteiger partial charge in [-0.1, -0.05) is 0 Å². The largest absolute Gasteiger partial charge is 0.448 e. The lowest BCUT2D eigenvalue weighted by Gasteiger charge is -2.31. The molecule has 5 nitrogen and oxygen atoms in total. The van der Waals surface area contributed by atoms with Crippen LogP contribution in [0.15, 0.2) is 0 Å². The van der Waals surface area contributed by atoms with Crippen LogP contribution in [-0.2, 0) is 9.47 Å². The van der Waals surface area contributed by atoms with Gasteiger partial charge in [0.2, 0.25) is 0 Å². The number of ether oxygens (including phenoxy) is 2. The maximum absolute atomic E-state index is 11.2. The topological polar surface area (TPSA) is 42.0 Å². The number of carbonyl (C=O) groups is 1. The Kier molecular flexibility index (Phi) is 3.43. The van der Waals surface area contributed by atoms with Crippen LogP contribution >= 0.6 is 0 Å². The van der Waals surface area contributed by atoms with E-state index in [1.165, 1.54) is 0 Å². The number of hydrogen-bond acceptors (Lipinski definition) is 4. The summed E-state index contributed by atoms with van der Waals surface area (Å²) in [5.41, 5.74) is 0. The maximum atomic E-state index is 11.2. The Labute approximate surface area is 89.9 Å². The molecule has 2 saturated heterocycles. The Balaban J connectivity index is 1.70. The molecule has 0 aromatic carbocycles. The minimum absolute atomic E-state index is 0.170. The molecule has 2 heterocycles. The van der Waals surface area contributed by atoms with E-state index in [0.717, 1.165) is 39.3 Å². The molecule has 0 saturated carbocycles. The van der Waals surface area contributed by atoms with Crippen molar-refractivity contribution in [1.82, 2.24) is 9.80 Å². The zero-order valence-electron chi connectivity index (χ0n) is 9.15. The monoisotopic (exact) mass is 214 g/mol. The van der Waals surface area contributed by atoms with Crippen molar-refractivity contribution >= 4 is 6.09 Å². The molecule has 0 bridgehead atoms. The number of nitrogens with zero attached hydrogens (tertiary/aromatic N) is 2. The fraction of sp³-hybridized carbons (Fsp3) is 0.900. The van der Waals surface area contributed by atoms with E-state index in [1.807, 2.05) is 0 Å². The predicted octanol–water partition coefficient (Wildman–Crippen LogP) is 0.159. The molecule has 2 fully saturated rings. The fourth-order valence-electron chi connectivity index (χ4n) is 1.98. The van der Waals surface area contributed by atoms with E-state index in [0.29, 0.717) is 12.7 Å². The van der Waals surface area contributed by atoms with E-state index in [1.54, 1.807) is 4.90 Å². The van der Waals surface area contributed by atoms with Gasteiger partial charge in [0.15, 0.2) is 0 Å². The van der Waals surface area contributed by atoms with E-state index in [4.69, 9.17) is 9.47 Å². The average molecular weight is 214 g/mol. The van der Waals surface area contributed by atoms with Crippen molar-refractivity contribution in [3.8, 4) is 0 Å². The van der Waals surface area contributed by atoms with Crippen LogP contribution in [0.4, 0.5) is 4.79 Å². The van der Waals surface area contributed by atoms with Gasteiger partial charge in [0, 0.05) is 26.2 Å². The van der Waals surface area contributed by atoms with Gasteiger partial charge in [0.25, 0.3) is 0 Å². The number of rotatable bonds is 3. The molecule has 1 unspecified atom stereocenters. The first kappa shape index (κ1) is 10.7. The Morgan fingerprint density at radius 2 is 2.20 bits per heavy atom. The zero-order valence-corrected chi connectivity index (χ0v) is 9.15. The lowest BCUT2D eigenvalue weighted by Crippen LogP contribution is -2.44. The first-order valence-electron chi connectivity index (χ1n) is 5.51. The SMILES string of the molecule is CC1CN(CCN2CCOC2=O)CCO1. The molecule has 5 heteroatoms. The Morgan fingerprint density at radius 1 is 1.33 bits per heavy atom. The van der Waals surface area contributed by atoms with Gasteiger partial charge in [-0.05, 0) is 6.92 Å². The van der Waals surface area contributed by atoms with Crippen molar-refractivity contribution in [2.45, 2.75) is 13.0 Å². The fourth-order valence-corrected chi connectivity index (χ4v) is 1.98. The van der Waals surface area contributed by atoms with Crippen LogP contribution in [-0.4, -0.2) is 67.9 Å². The summed E-state index contributed by atoms with van der Waals surface area (Å²) in [7, 11) is 0. The van der Waals surface area contributed by atoms with Crippen molar-refractivity contribution in [3.05, 3.63) is 0 Å². The molecule has 0 spiro atoms. The molecule has 15 heavy (non-hydrogen) atoms. The number of amides is 1. The van der Waals surface area contributed by atoms with Crippen molar-refractivity contribution in [2.75, 3.05) is 45.9 Å². The highest BCUT2D eigenvalue weighted by molar-refractivity contribution is 5.69. The summed E-state index contributed by atoms with van der Waals surface area (Å²) in [6.07, 6.45) is 0.139. The second-order valence-corrected chi connectivity index (χ2v) is 4.08. The second-order valence-electron chi connectivity index (χ2n) is 4.08. The molecule has 0 aliphatic carbocycles. The van der Waals surface area contributed by atoms with Crippen molar-refractivity contribution < 1.29 is 14.3 Å². The maximum Gasteiger partial charge on any atom is 0.409 e. The molecule has 1 amide bonds. The number of morpholine rings is 1. The van der Waals surface area contributed by atoms with E-state index < -0.39 is 0 Å². The molecule has 86 valence electrons. The summed E-state index contributed by atoms with van der Waals surface area (Å²) in [5.74, 6) is 0. The van der Waals surface area contributed by atoms with Gasteiger partial charge in [-0.25, -0.2) is 4.79 Å². The molecule has 0 radical (unpaired) electrons. The molecule has 0 N–H and O–H groups in total. The third-order valence-electron chi connectivity index (χ3n) is 2.86. The zero-order chi connectivity index (χ0) is 10.7. The van der Waals surface area contributed by atoms with E-state index in [9.17, 15) is 4.79 Å². The van der Waals surface area contributed by atoms with Gasteiger partial charge in [-0.3, -0.25) is 4.90 Å². The smallest absolute Gasteiger partial charge is 0.409 e. The molecular formula is C10H18N2O3. The molecule has 1 atom stereocenters. The van der Waals surface area contributed by atoms with Crippen LogP contribution in [0, 0.1) is 0 Å². The first-order valence-corrected chi connectivity index (χ1v) is 5.51. The average Bonchev–Trinajstić information content (AvgIpc) is 2.61. The minimum atomic E-state index is -0.170. The third kappa shape index (κ3) is 2.82. The van der Waals surface area contributed by atoms with E-state index >= 15 is 0 Å². The molecule has 2 aliphatic rings. The Morgan fingerprint density at radius 3 is 2.87 bits per heavy atom. The van der Waals surface area contributed by atoms with Gasteiger partial charge in [-0.15, -0.1) is 0 Å². The molecule has 2 rings (SSSR count). The molecule has 0 aromatic rings. The van der Waals surface area contributed by atoms with Gasteiger partial charge in [0.05, 0.1) is 19.3 Å². The van der Waals surface area contributed by atoms with Crippen LogP contribution in [0.2, 0.25) is 0 Å². The lowest BCUT2D eigenvalue weighted by molar-refractivity contribution is -0.0194. The van der Waals surface area contributed by atoms with Gasteiger partial charge < -0.3 is 14.4 Å². The van der Waals surface area contributed by atoms with Crippen molar-refractivity contribution in [2.24, 2.45) is 0 Å². The first-order chi connectivity index (χ1) is 7.25. The van der Waals surface area contributed by atoms with Crippen molar-refractivity contribution in [3.63, 3.8) is 0 Å². The molecule has 2 aliphatic heterocycles. The standard InChI is InChI=1S/C10H18N2O3/c1-9-8-11(4-6-14-9)2-3-12-5-7-15-10(12)13/h9H,2-8H2,1H3. The summed E-state index contributed by atoms with van der Waals surface area (Å²) in [6, 6.07) is 0. The van der Waals surface area contributed by atoms with Gasteiger partial charge >= 0.3 is 6.09 Å². The highest BCUT2D eigenvalue weighted by Crippen LogP contribution is 2.06. The second kappa shape index (κ2) is 4.81. The van der Waals surface area contributed by atoms with Crippen molar-refractivity contribution in [1.29, 1.82) is 0 Å². The van der Waals surface area contributed by atoms with Crippen LogP contribution < -0.4 is 0 Å². The van der Waals surface area contributed by atoms with E-state index in [-0.39, 0.29) is 6.09 Å². The summed E-state index contributed by atoms with van der Waals surface area (Å²) in [6.45, 7) is 7.77. The quantitative estimate of drug-likeness (QED) is 0.671. The summed E-state index contributed by atoms with van der Waals surface area (Å²) in [4.78, 5) is 15.3. The highest BCUT2D eigenvalue weighted by Gasteiger charge is 2.23. The normalized spacial score (nSPS) is 28.2. The number of hydrogen-bond donors (Lipinski definition) is 0. The number of carbonyl (C=O) groups excluding carboxylic acids is 1. The number of cyclic esters (lactones) is 1.